The molecule has 0 aliphatic heterocycles. The third-order valence-corrected chi connectivity index (χ3v) is 8.79. The molecule has 1 heterocycles. The van der Waals surface area contributed by atoms with Crippen molar-refractivity contribution in [1.29, 1.82) is 0 Å². The molecule has 1 fully saturated rings. The zero-order valence-electron chi connectivity index (χ0n) is 22.5. The first-order valence-electron chi connectivity index (χ1n) is 13.7. The Balaban J connectivity index is 1.63. The molecule has 186 valence electrons. The van der Waals surface area contributed by atoms with E-state index in [-0.39, 0.29) is 5.41 Å². The molecule has 1 saturated carbocycles. The van der Waals surface area contributed by atoms with Crippen molar-refractivity contribution in [1.82, 2.24) is 4.98 Å². The van der Waals surface area contributed by atoms with Crippen LogP contribution < -0.4 is 0 Å². The van der Waals surface area contributed by atoms with Gasteiger partial charge in [-0.05, 0) is 104 Å². The third kappa shape index (κ3) is 5.23. The van der Waals surface area contributed by atoms with Crippen molar-refractivity contribution >= 4 is 0 Å². The maximum Gasteiger partial charge on any atom is 0.0651 e. The van der Waals surface area contributed by atoms with Crippen LogP contribution >= 0.6 is 0 Å². The maximum atomic E-state index is 10.8. The maximum absolute atomic E-state index is 10.8. The summed E-state index contributed by atoms with van der Waals surface area (Å²) in [7, 11) is 0. The lowest BCUT2D eigenvalue weighted by molar-refractivity contribution is 0.0391. The number of aryl methyl sites for hydroxylation is 4. The van der Waals surface area contributed by atoms with Crippen LogP contribution in [0.3, 0.4) is 0 Å². The van der Waals surface area contributed by atoms with E-state index >= 15 is 0 Å². The van der Waals surface area contributed by atoms with E-state index in [4.69, 9.17) is 0 Å². The van der Waals surface area contributed by atoms with Gasteiger partial charge in [0.25, 0.3) is 0 Å². The van der Waals surface area contributed by atoms with Crippen LogP contribution in [-0.2, 0) is 18.3 Å². The number of aliphatic hydroxyl groups is 1. The van der Waals surface area contributed by atoms with E-state index in [2.05, 4.69) is 82.1 Å². The highest BCUT2D eigenvalue weighted by Gasteiger charge is 2.33. The van der Waals surface area contributed by atoms with Crippen molar-refractivity contribution in [2.24, 2.45) is 0 Å². The Morgan fingerprint density at radius 1 is 0.857 bits per heavy atom. The zero-order chi connectivity index (χ0) is 25.1. The Morgan fingerprint density at radius 2 is 1.51 bits per heavy atom. The van der Waals surface area contributed by atoms with E-state index in [0.29, 0.717) is 0 Å². The summed E-state index contributed by atoms with van der Waals surface area (Å²) in [6, 6.07) is 16.4. The fourth-order valence-electron chi connectivity index (χ4n) is 6.27. The number of hydrogen-bond donors (Lipinski definition) is 1. The lowest BCUT2D eigenvalue weighted by Crippen LogP contribution is -2.27. The smallest absolute Gasteiger partial charge is 0.0651 e. The molecule has 1 aliphatic carbocycles. The molecule has 0 saturated heterocycles. The van der Waals surface area contributed by atoms with Gasteiger partial charge in [0.15, 0.2) is 0 Å². The summed E-state index contributed by atoms with van der Waals surface area (Å²) in [5.41, 5.74) is 10.2. The molecule has 0 bridgehead atoms. The summed E-state index contributed by atoms with van der Waals surface area (Å²) in [4.78, 5) is 4.47. The van der Waals surface area contributed by atoms with Gasteiger partial charge in [-0.25, -0.2) is 0 Å². The minimum Gasteiger partial charge on any atom is -0.390 e. The Morgan fingerprint density at radius 3 is 2.11 bits per heavy atom. The molecule has 35 heavy (non-hydrogen) atoms. The average molecular weight is 470 g/mol. The molecule has 0 amide bonds. The average Bonchev–Trinajstić information content (AvgIpc) is 3.31. The number of hydrogen-bond acceptors (Lipinski definition) is 2. The van der Waals surface area contributed by atoms with Gasteiger partial charge in [0.1, 0.15) is 0 Å². The van der Waals surface area contributed by atoms with E-state index in [9.17, 15) is 5.11 Å². The fourth-order valence-corrected chi connectivity index (χ4v) is 6.27. The molecular weight excluding hydrogens is 426 g/mol. The molecule has 0 radical (unpaired) electrons. The third-order valence-electron chi connectivity index (χ3n) is 8.79. The molecule has 2 nitrogen and oxygen atoms in total. The van der Waals surface area contributed by atoms with E-state index in [1.165, 1.54) is 57.3 Å². The van der Waals surface area contributed by atoms with Crippen LogP contribution in [0.4, 0.5) is 0 Å². The van der Waals surface area contributed by atoms with Crippen molar-refractivity contribution in [2.75, 3.05) is 0 Å². The van der Waals surface area contributed by atoms with E-state index in [0.717, 1.165) is 44.9 Å². The van der Waals surface area contributed by atoms with Crippen molar-refractivity contribution < 1.29 is 5.11 Å². The molecule has 1 aromatic heterocycles. The van der Waals surface area contributed by atoms with Crippen LogP contribution in [-0.4, -0.2) is 15.7 Å². The molecule has 4 rings (SSSR count). The second-order valence-electron chi connectivity index (χ2n) is 10.8. The molecule has 2 heteroatoms. The predicted molar refractivity (Wildman–Crippen MR) is 148 cm³/mol. The van der Waals surface area contributed by atoms with Gasteiger partial charge in [-0.2, -0.15) is 0 Å². The van der Waals surface area contributed by atoms with Crippen LogP contribution in [0.1, 0.15) is 99.1 Å². The summed E-state index contributed by atoms with van der Waals surface area (Å²) in [5.74, 6) is 0. The molecule has 0 atom stereocenters. The quantitative estimate of drug-likeness (QED) is 0.342. The fraction of sp³-hybridized carbons (Fsp3) is 0.485. The molecule has 0 spiro atoms. The van der Waals surface area contributed by atoms with E-state index in [1.54, 1.807) is 0 Å². The molecule has 2 aromatic carbocycles. The first-order chi connectivity index (χ1) is 16.8. The normalized spacial score (nSPS) is 15.5. The van der Waals surface area contributed by atoms with Gasteiger partial charge in [0.2, 0.25) is 0 Å². The summed E-state index contributed by atoms with van der Waals surface area (Å²) in [5, 5.41) is 10.8. The molecular formula is C33H43NO. The number of nitrogens with zero attached hydrogens (tertiary/aromatic N) is 1. The van der Waals surface area contributed by atoms with Crippen LogP contribution in [0.5, 0.6) is 0 Å². The summed E-state index contributed by atoms with van der Waals surface area (Å²) in [6.45, 7) is 11.3. The highest BCUT2D eigenvalue weighted by atomic mass is 16.3. The summed E-state index contributed by atoms with van der Waals surface area (Å²) in [6.07, 6.45) is 13.2. The Hall–Kier alpha value is -2.45. The van der Waals surface area contributed by atoms with Gasteiger partial charge in [0, 0.05) is 23.4 Å². The Bertz CT molecular complexity index is 1150. The second kappa shape index (κ2) is 10.7. The lowest BCUT2D eigenvalue weighted by atomic mass is 9.69. The Kier molecular flexibility index (Phi) is 7.81. The number of rotatable bonds is 9. The monoisotopic (exact) mass is 469 g/mol. The van der Waals surface area contributed by atoms with Crippen LogP contribution in [0, 0.1) is 13.8 Å². The largest absolute Gasteiger partial charge is 0.390 e. The molecule has 3 aromatic rings. The minimum atomic E-state index is -0.437. The van der Waals surface area contributed by atoms with Crippen LogP contribution in [0.25, 0.3) is 11.1 Å². The van der Waals surface area contributed by atoms with Gasteiger partial charge in [0.05, 0.1) is 5.60 Å². The first kappa shape index (κ1) is 25.6. The van der Waals surface area contributed by atoms with Gasteiger partial charge >= 0.3 is 0 Å². The highest BCUT2D eigenvalue weighted by molar-refractivity contribution is 5.68. The Labute approximate surface area is 212 Å². The van der Waals surface area contributed by atoms with Crippen molar-refractivity contribution in [3.63, 3.8) is 0 Å². The topological polar surface area (TPSA) is 33.1 Å². The van der Waals surface area contributed by atoms with Gasteiger partial charge in [-0.3, -0.25) is 4.98 Å². The number of benzene rings is 2. The van der Waals surface area contributed by atoms with Crippen LogP contribution in [0.2, 0.25) is 0 Å². The minimum absolute atomic E-state index is 0.000247. The molecule has 1 N–H and O–H groups in total. The zero-order valence-corrected chi connectivity index (χ0v) is 22.5. The lowest BCUT2D eigenvalue weighted by Gasteiger charge is -2.34. The first-order valence-corrected chi connectivity index (χ1v) is 13.7. The van der Waals surface area contributed by atoms with E-state index in [1.807, 2.05) is 12.4 Å². The summed E-state index contributed by atoms with van der Waals surface area (Å²) >= 11 is 0. The van der Waals surface area contributed by atoms with Crippen LogP contribution in [0.15, 0.2) is 54.9 Å². The SMILES string of the molecule is CCc1cncc(-c2ccc(C(CC)(CC)c3ccc(CCC4(O)CCCC4)c(C)c3)cc2C)c1. The molecule has 1 aliphatic rings. The van der Waals surface area contributed by atoms with Gasteiger partial charge < -0.3 is 5.11 Å². The predicted octanol–water partition coefficient (Wildman–Crippen LogP) is 8.27. The van der Waals surface area contributed by atoms with Crippen molar-refractivity contribution in [3.05, 3.63) is 88.2 Å². The van der Waals surface area contributed by atoms with Crippen molar-refractivity contribution in [3.8, 4) is 11.1 Å². The van der Waals surface area contributed by atoms with Crippen molar-refractivity contribution in [2.45, 2.75) is 103 Å². The standard InChI is InChI=1S/C33H43NO/c1-6-26-21-28(23-34-22-26)31-14-13-30(20-25(31)5)33(7-2,8-3)29-12-11-27(24(4)19-29)15-18-32(35)16-9-10-17-32/h11-14,19-23,35H,6-10,15-18H2,1-5H3. The van der Waals surface area contributed by atoms with Gasteiger partial charge in [-0.1, -0.05) is 70.0 Å². The molecule has 0 unspecified atom stereocenters. The second-order valence-corrected chi connectivity index (χ2v) is 10.8. The summed E-state index contributed by atoms with van der Waals surface area (Å²) < 4.78 is 0. The highest BCUT2D eigenvalue weighted by Crippen LogP contribution is 2.41. The van der Waals surface area contributed by atoms with Gasteiger partial charge in [-0.15, -0.1) is 0 Å². The number of pyridine rings is 1. The number of aromatic nitrogens is 1. The van der Waals surface area contributed by atoms with E-state index < -0.39 is 5.60 Å².